The lowest BCUT2D eigenvalue weighted by Gasteiger charge is -2.13. The van der Waals surface area contributed by atoms with Gasteiger partial charge in [-0.15, -0.1) is 0 Å². The van der Waals surface area contributed by atoms with Crippen LogP contribution in [0.25, 0.3) is 11.0 Å². The normalized spacial score (nSPS) is 12.1. The molecule has 1 unspecified atom stereocenters. The van der Waals surface area contributed by atoms with E-state index in [1.165, 1.54) is 12.1 Å². The Morgan fingerprint density at radius 3 is 2.74 bits per heavy atom. The molecule has 27 heavy (non-hydrogen) atoms. The Labute approximate surface area is 155 Å². The zero-order chi connectivity index (χ0) is 19.4. The standard InChI is InChI=1S/C20H19NO6/c1-3-25-12-17-16-9-4-5-10-18(16)27-19(17)20(22)26-13(2)14-7-6-8-15(11-14)21(23)24/h4-11,13H,3,12H2,1-2H3. The van der Waals surface area contributed by atoms with Crippen molar-refractivity contribution < 1.29 is 23.6 Å². The van der Waals surface area contributed by atoms with Crippen molar-refractivity contribution in [2.24, 2.45) is 0 Å². The lowest BCUT2D eigenvalue weighted by molar-refractivity contribution is -0.385. The van der Waals surface area contributed by atoms with E-state index >= 15 is 0 Å². The number of non-ortho nitro benzene ring substituents is 1. The zero-order valence-corrected chi connectivity index (χ0v) is 15.0. The summed E-state index contributed by atoms with van der Waals surface area (Å²) in [6.45, 7) is 4.24. The zero-order valence-electron chi connectivity index (χ0n) is 15.0. The van der Waals surface area contributed by atoms with Gasteiger partial charge in [-0.25, -0.2) is 4.79 Å². The van der Waals surface area contributed by atoms with Gasteiger partial charge in [0.1, 0.15) is 11.7 Å². The lowest BCUT2D eigenvalue weighted by Crippen LogP contribution is -2.11. The van der Waals surface area contributed by atoms with E-state index in [9.17, 15) is 14.9 Å². The maximum Gasteiger partial charge on any atom is 0.375 e. The van der Waals surface area contributed by atoms with Gasteiger partial charge >= 0.3 is 5.97 Å². The molecule has 0 radical (unpaired) electrons. The van der Waals surface area contributed by atoms with E-state index in [1.54, 1.807) is 25.1 Å². The quantitative estimate of drug-likeness (QED) is 0.338. The highest BCUT2D eigenvalue weighted by molar-refractivity contribution is 5.96. The largest absolute Gasteiger partial charge is 0.452 e. The van der Waals surface area contributed by atoms with Crippen molar-refractivity contribution in [1.82, 2.24) is 0 Å². The number of carbonyl (C=O) groups excluding carboxylic acids is 1. The van der Waals surface area contributed by atoms with Gasteiger partial charge in [0.15, 0.2) is 0 Å². The third-order valence-electron chi connectivity index (χ3n) is 4.17. The smallest absolute Gasteiger partial charge is 0.375 e. The van der Waals surface area contributed by atoms with Crippen LogP contribution in [0.3, 0.4) is 0 Å². The maximum atomic E-state index is 12.7. The molecular weight excluding hydrogens is 350 g/mol. The Hall–Kier alpha value is -3.19. The number of hydrogen-bond acceptors (Lipinski definition) is 6. The van der Waals surface area contributed by atoms with Crippen LogP contribution < -0.4 is 0 Å². The first-order valence-corrected chi connectivity index (χ1v) is 8.54. The number of nitro benzene ring substituents is 1. The van der Waals surface area contributed by atoms with E-state index < -0.39 is 17.0 Å². The minimum atomic E-state index is -0.675. The fourth-order valence-electron chi connectivity index (χ4n) is 2.78. The summed E-state index contributed by atoms with van der Waals surface area (Å²) in [6.07, 6.45) is -0.675. The Balaban J connectivity index is 1.87. The Morgan fingerprint density at radius 2 is 2.00 bits per heavy atom. The molecule has 0 saturated heterocycles. The molecule has 7 heteroatoms. The van der Waals surface area contributed by atoms with Crippen molar-refractivity contribution in [2.75, 3.05) is 6.61 Å². The maximum absolute atomic E-state index is 12.7. The molecule has 0 bridgehead atoms. The molecule has 0 fully saturated rings. The van der Waals surface area contributed by atoms with Crippen LogP contribution in [0.2, 0.25) is 0 Å². The molecule has 140 valence electrons. The molecule has 2 aromatic carbocycles. The number of nitro groups is 1. The second-order valence-electron chi connectivity index (χ2n) is 5.94. The van der Waals surface area contributed by atoms with Crippen LogP contribution in [0.1, 0.15) is 41.6 Å². The summed E-state index contributed by atoms with van der Waals surface area (Å²) in [5.74, 6) is -0.554. The van der Waals surface area contributed by atoms with E-state index in [1.807, 2.05) is 25.1 Å². The third-order valence-corrected chi connectivity index (χ3v) is 4.17. The third kappa shape index (κ3) is 3.98. The van der Waals surface area contributed by atoms with Crippen molar-refractivity contribution in [2.45, 2.75) is 26.6 Å². The van der Waals surface area contributed by atoms with Gasteiger partial charge in [0.05, 0.1) is 11.5 Å². The summed E-state index contributed by atoms with van der Waals surface area (Å²) >= 11 is 0. The second-order valence-corrected chi connectivity index (χ2v) is 5.94. The molecule has 1 heterocycles. The molecule has 0 spiro atoms. The first-order chi connectivity index (χ1) is 13.0. The van der Waals surface area contributed by atoms with Crippen LogP contribution in [-0.2, 0) is 16.1 Å². The van der Waals surface area contributed by atoms with Crippen molar-refractivity contribution in [1.29, 1.82) is 0 Å². The van der Waals surface area contributed by atoms with E-state index in [0.717, 1.165) is 5.39 Å². The molecule has 0 saturated carbocycles. The van der Waals surface area contributed by atoms with E-state index in [0.29, 0.717) is 23.3 Å². The minimum Gasteiger partial charge on any atom is -0.452 e. The van der Waals surface area contributed by atoms with E-state index in [2.05, 4.69) is 0 Å². The van der Waals surface area contributed by atoms with Crippen molar-refractivity contribution in [3.05, 3.63) is 75.5 Å². The van der Waals surface area contributed by atoms with Crippen LogP contribution in [0, 0.1) is 10.1 Å². The van der Waals surface area contributed by atoms with Gasteiger partial charge in [-0.05, 0) is 25.5 Å². The average molecular weight is 369 g/mol. The molecule has 0 aliphatic rings. The monoisotopic (exact) mass is 369 g/mol. The molecule has 3 aromatic rings. The van der Waals surface area contributed by atoms with Gasteiger partial charge in [-0.3, -0.25) is 10.1 Å². The van der Waals surface area contributed by atoms with Crippen LogP contribution in [0.15, 0.2) is 52.9 Å². The molecule has 0 aliphatic heterocycles. The molecule has 1 aromatic heterocycles. The molecule has 0 amide bonds. The van der Waals surface area contributed by atoms with Crippen LogP contribution in [0.5, 0.6) is 0 Å². The summed E-state index contributed by atoms with van der Waals surface area (Å²) in [4.78, 5) is 23.1. The number of hydrogen-bond donors (Lipinski definition) is 0. The van der Waals surface area contributed by atoms with Crippen LogP contribution >= 0.6 is 0 Å². The SMILES string of the molecule is CCOCc1c(C(=O)OC(C)c2cccc([N+](=O)[O-])c2)oc2ccccc12. The highest BCUT2D eigenvalue weighted by Crippen LogP contribution is 2.29. The molecule has 3 rings (SSSR count). The molecule has 0 aliphatic carbocycles. The number of esters is 1. The van der Waals surface area contributed by atoms with Gasteiger partial charge in [0.2, 0.25) is 5.76 Å². The number of ether oxygens (including phenoxy) is 2. The second kappa shape index (κ2) is 8.01. The topological polar surface area (TPSA) is 91.8 Å². The van der Waals surface area contributed by atoms with Crippen molar-refractivity contribution in [3.8, 4) is 0 Å². The molecular formula is C20H19NO6. The van der Waals surface area contributed by atoms with Crippen molar-refractivity contribution >= 4 is 22.6 Å². The summed E-state index contributed by atoms with van der Waals surface area (Å²) < 4.78 is 16.7. The number of fused-ring (bicyclic) bond motifs is 1. The van der Waals surface area contributed by atoms with Crippen LogP contribution in [-0.4, -0.2) is 17.5 Å². The lowest BCUT2D eigenvalue weighted by atomic mass is 10.1. The fraction of sp³-hybridized carbons (Fsp3) is 0.250. The number of nitrogens with zero attached hydrogens (tertiary/aromatic N) is 1. The highest BCUT2D eigenvalue weighted by Gasteiger charge is 2.24. The number of rotatable bonds is 7. The molecule has 0 N–H and O–H groups in total. The number of furan rings is 1. The minimum absolute atomic E-state index is 0.0591. The Kier molecular flexibility index (Phi) is 5.52. The number of carbonyl (C=O) groups is 1. The van der Waals surface area contributed by atoms with Crippen molar-refractivity contribution in [3.63, 3.8) is 0 Å². The van der Waals surface area contributed by atoms with E-state index in [-0.39, 0.29) is 18.1 Å². The summed E-state index contributed by atoms with van der Waals surface area (Å²) in [5.41, 5.74) is 1.67. The molecule has 7 nitrogen and oxygen atoms in total. The number of benzene rings is 2. The Morgan fingerprint density at radius 1 is 1.22 bits per heavy atom. The first kappa shape index (κ1) is 18.6. The van der Waals surface area contributed by atoms with Crippen LogP contribution in [0.4, 0.5) is 5.69 Å². The van der Waals surface area contributed by atoms with Gasteiger partial charge in [-0.2, -0.15) is 0 Å². The summed E-state index contributed by atoms with van der Waals surface area (Å²) in [6, 6.07) is 13.3. The predicted octanol–water partition coefficient (Wildman–Crippen LogP) is 4.80. The van der Waals surface area contributed by atoms with Gasteiger partial charge in [-0.1, -0.05) is 30.3 Å². The molecule has 1 atom stereocenters. The van der Waals surface area contributed by atoms with Gasteiger partial charge < -0.3 is 13.9 Å². The van der Waals surface area contributed by atoms with E-state index in [4.69, 9.17) is 13.9 Å². The van der Waals surface area contributed by atoms with Gasteiger partial charge in [0, 0.05) is 29.7 Å². The van der Waals surface area contributed by atoms with Gasteiger partial charge in [0.25, 0.3) is 5.69 Å². The average Bonchev–Trinajstić information content (AvgIpc) is 3.05. The number of para-hydroxylation sites is 1. The highest BCUT2D eigenvalue weighted by atomic mass is 16.6. The first-order valence-electron chi connectivity index (χ1n) is 8.54. The predicted molar refractivity (Wildman–Crippen MR) is 98.5 cm³/mol. The Bertz CT molecular complexity index is 978. The summed E-state index contributed by atoms with van der Waals surface area (Å²) in [5, 5.41) is 11.7. The summed E-state index contributed by atoms with van der Waals surface area (Å²) in [7, 11) is 0. The fourth-order valence-corrected chi connectivity index (χ4v) is 2.78.